The second-order valence-corrected chi connectivity index (χ2v) is 9.20. The zero-order valence-electron chi connectivity index (χ0n) is 15.1. The van der Waals surface area contributed by atoms with Gasteiger partial charge in [-0.1, -0.05) is 62.5 Å². The Bertz CT molecular complexity index is 880. The fraction of sp³-hybridized carbons (Fsp3) is 0.364. The van der Waals surface area contributed by atoms with Crippen molar-refractivity contribution < 1.29 is 4.79 Å². The third kappa shape index (κ3) is 3.97. The van der Waals surface area contributed by atoms with Gasteiger partial charge < -0.3 is 5.73 Å². The number of halogens is 2. The molecule has 2 fully saturated rings. The van der Waals surface area contributed by atoms with E-state index in [0.29, 0.717) is 0 Å². The summed E-state index contributed by atoms with van der Waals surface area (Å²) in [6.07, 6.45) is 6.08. The highest BCUT2D eigenvalue weighted by molar-refractivity contribution is 9.10. The Hall–Kier alpha value is -1.64. The van der Waals surface area contributed by atoms with Gasteiger partial charge in [0.2, 0.25) is 5.91 Å². The summed E-state index contributed by atoms with van der Waals surface area (Å²) in [6, 6.07) is 18.4. The number of hydrogen-bond acceptors (Lipinski definition) is 2. The van der Waals surface area contributed by atoms with Gasteiger partial charge in [0.05, 0.1) is 16.9 Å². The first kappa shape index (κ1) is 20.1. The summed E-state index contributed by atoms with van der Waals surface area (Å²) in [4.78, 5) is 11.4. The van der Waals surface area contributed by atoms with Gasteiger partial charge in [0.1, 0.15) is 0 Å². The van der Waals surface area contributed by atoms with Crippen LogP contribution in [0.15, 0.2) is 57.5 Å². The maximum absolute atomic E-state index is 11.4. The molecule has 3 nitrogen and oxygen atoms in total. The van der Waals surface area contributed by atoms with Crippen molar-refractivity contribution in [3.8, 4) is 6.07 Å². The molecule has 2 aliphatic carbocycles. The molecule has 2 aliphatic rings. The largest absolute Gasteiger partial charge is 0.369 e. The predicted octanol–water partition coefficient (Wildman–Crippen LogP) is 5.75. The Kier molecular flexibility index (Phi) is 6.08. The Labute approximate surface area is 177 Å². The minimum atomic E-state index is -0.385. The van der Waals surface area contributed by atoms with Crippen LogP contribution >= 0.6 is 31.9 Å². The molecule has 0 heterocycles. The molecule has 0 aliphatic heterocycles. The van der Waals surface area contributed by atoms with Gasteiger partial charge in [-0.15, -0.1) is 0 Å². The van der Waals surface area contributed by atoms with Crippen LogP contribution in [-0.2, 0) is 15.6 Å². The zero-order valence-corrected chi connectivity index (χ0v) is 18.2. The summed E-state index contributed by atoms with van der Waals surface area (Å²) in [7, 11) is 0. The van der Waals surface area contributed by atoms with Gasteiger partial charge >= 0.3 is 0 Å². The van der Waals surface area contributed by atoms with Gasteiger partial charge in [0.25, 0.3) is 0 Å². The number of carbonyl (C=O) groups is 1. The summed E-state index contributed by atoms with van der Waals surface area (Å²) in [6.45, 7) is 0. The van der Waals surface area contributed by atoms with E-state index in [4.69, 9.17) is 11.0 Å². The smallest absolute Gasteiger partial charge is 0.228 e. The quantitative estimate of drug-likeness (QED) is 0.596. The van der Waals surface area contributed by atoms with Crippen LogP contribution in [0.25, 0.3) is 0 Å². The average molecular weight is 490 g/mol. The Balaban J connectivity index is 0.000000156. The van der Waals surface area contributed by atoms with E-state index in [1.165, 1.54) is 6.42 Å². The van der Waals surface area contributed by atoms with Gasteiger partial charge in [-0.05, 0) is 67.5 Å². The van der Waals surface area contributed by atoms with E-state index in [2.05, 4.69) is 44.0 Å². The third-order valence-corrected chi connectivity index (χ3v) is 6.84. The van der Waals surface area contributed by atoms with Crippen LogP contribution in [-0.4, -0.2) is 5.91 Å². The molecular weight excluding hydrogens is 468 g/mol. The normalized spacial score (nSPS) is 18.7. The van der Waals surface area contributed by atoms with Gasteiger partial charge in [-0.2, -0.15) is 5.26 Å². The minimum absolute atomic E-state index is 0.177. The van der Waals surface area contributed by atoms with Crippen molar-refractivity contribution in [3.63, 3.8) is 0 Å². The number of nitriles is 1. The van der Waals surface area contributed by atoms with Crippen molar-refractivity contribution >= 4 is 37.8 Å². The lowest BCUT2D eigenvalue weighted by atomic mass is 9.64. The molecule has 0 atom stereocenters. The minimum Gasteiger partial charge on any atom is -0.369 e. The highest BCUT2D eigenvalue weighted by atomic mass is 79.9. The lowest BCUT2D eigenvalue weighted by Gasteiger charge is -2.39. The molecule has 0 saturated heterocycles. The van der Waals surface area contributed by atoms with E-state index >= 15 is 0 Å². The molecule has 2 aromatic rings. The van der Waals surface area contributed by atoms with Crippen molar-refractivity contribution in [2.24, 2.45) is 5.73 Å². The first-order chi connectivity index (χ1) is 12.9. The number of hydrogen-bond donors (Lipinski definition) is 1. The molecule has 5 heteroatoms. The maximum Gasteiger partial charge on any atom is 0.228 e. The fourth-order valence-corrected chi connectivity index (χ4v) is 4.57. The van der Waals surface area contributed by atoms with E-state index in [1.54, 1.807) is 0 Å². The lowest BCUT2D eigenvalue weighted by Crippen LogP contribution is -2.46. The number of carbonyl (C=O) groups excluding carboxylic acids is 1. The van der Waals surface area contributed by atoms with Crippen molar-refractivity contribution in [1.29, 1.82) is 5.26 Å². The van der Waals surface area contributed by atoms with Crippen LogP contribution in [0.5, 0.6) is 0 Å². The second kappa shape index (κ2) is 8.16. The Morgan fingerprint density at radius 3 is 1.81 bits per heavy atom. The molecule has 1 amide bonds. The molecule has 2 N–H and O–H groups in total. The molecule has 2 aromatic carbocycles. The summed E-state index contributed by atoms with van der Waals surface area (Å²) < 4.78 is 2.06. The number of nitrogens with two attached hydrogens (primary N) is 1. The predicted molar refractivity (Wildman–Crippen MR) is 114 cm³/mol. The molecule has 4 rings (SSSR count). The van der Waals surface area contributed by atoms with E-state index in [1.807, 2.05) is 42.5 Å². The van der Waals surface area contributed by atoms with E-state index in [9.17, 15) is 4.79 Å². The average Bonchev–Trinajstić information content (AvgIpc) is 2.54. The zero-order chi connectivity index (χ0) is 19.5. The SMILES string of the molecule is N#CC1(c2cccc(Br)c2)CCC1.NC(=O)C1(c2cccc(Br)c2)CCC1. The molecule has 0 radical (unpaired) electrons. The van der Waals surface area contributed by atoms with Crippen molar-refractivity contribution in [3.05, 3.63) is 68.6 Å². The van der Waals surface area contributed by atoms with E-state index < -0.39 is 0 Å². The molecule has 0 aromatic heterocycles. The Morgan fingerprint density at radius 1 is 0.926 bits per heavy atom. The van der Waals surface area contributed by atoms with Crippen LogP contribution in [0.1, 0.15) is 49.7 Å². The molecule has 0 spiro atoms. The summed E-state index contributed by atoms with van der Waals surface area (Å²) >= 11 is 6.83. The number of benzene rings is 2. The topological polar surface area (TPSA) is 66.9 Å². The van der Waals surface area contributed by atoms with Gasteiger partial charge in [-0.25, -0.2) is 0 Å². The lowest BCUT2D eigenvalue weighted by molar-refractivity contribution is -0.126. The number of rotatable bonds is 3. The molecular formula is C22H22Br2N2O. The van der Waals surface area contributed by atoms with Crippen LogP contribution in [0.4, 0.5) is 0 Å². The second-order valence-electron chi connectivity index (χ2n) is 7.37. The van der Waals surface area contributed by atoms with Gasteiger partial charge in [0.15, 0.2) is 0 Å². The highest BCUT2D eigenvalue weighted by Crippen LogP contribution is 2.44. The van der Waals surface area contributed by atoms with Crippen LogP contribution in [0.3, 0.4) is 0 Å². The van der Waals surface area contributed by atoms with E-state index in [0.717, 1.165) is 52.2 Å². The first-order valence-corrected chi connectivity index (χ1v) is 10.7. The number of nitrogens with zero attached hydrogens (tertiary/aromatic N) is 1. The highest BCUT2D eigenvalue weighted by Gasteiger charge is 2.44. The summed E-state index contributed by atoms with van der Waals surface area (Å²) in [5.74, 6) is -0.193. The van der Waals surface area contributed by atoms with Crippen LogP contribution in [0, 0.1) is 11.3 Å². The molecule has 0 unspecified atom stereocenters. The van der Waals surface area contributed by atoms with Crippen molar-refractivity contribution in [1.82, 2.24) is 0 Å². The fourth-order valence-electron chi connectivity index (χ4n) is 3.78. The van der Waals surface area contributed by atoms with Crippen molar-refractivity contribution in [2.45, 2.75) is 49.4 Å². The summed E-state index contributed by atoms with van der Waals surface area (Å²) in [5.41, 5.74) is 7.11. The van der Waals surface area contributed by atoms with Gasteiger partial charge in [-0.3, -0.25) is 4.79 Å². The van der Waals surface area contributed by atoms with Crippen molar-refractivity contribution in [2.75, 3.05) is 0 Å². The van der Waals surface area contributed by atoms with E-state index in [-0.39, 0.29) is 16.7 Å². The molecule has 2 saturated carbocycles. The Morgan fingerprint density at radius 2 is 1.44 bits per heavy atom. The van der Waals surface area contributed by atoms with Crippen LogP contribution in [0.2, 0.25) is 0 Å². The monoisotopic (exact) mass is 488 g/mol. The molecule has 27 heavy (non-hydrogen) atoms. The van der Waals surface area contributed by atoms with Crippen LogP contribution < -0.4 is 5.73 Å². The molecule has 0 bridgehead atoms. The van der Waals surface area contributed by atoms with Gasteiger partial charge in [0, 0.05) is 8.95 Å². The third-order valence-electron chi connectivity index (χ3n) is 5.85. The number of primary amides is 1. The molecule has 140 valence electrons. The number of amides is 1. The summed E-state index contributed by atoms with van der Waals surface area (Å²) in [5, 5.41) is 9.12. The first-order valence-electron chi connectivity index (χ1n) is 9.15. The standard InChI is InChI=1S/C11H12BrNO.C11H10BrN/c12-9-4-1-3-8(7-9)11(10(13)14)5-2-6-11;12-10-4-1-3-9(7-10)11(8-13)5-2-6-11/h1,3-4,7H,2,5-6H2,(H2,13,14);1,3-4,7H,2,5-6H2. The maximum atomic E-state index is 11.4.